The highest BCUT2D eigenvalue weighted by atomic mass is 35.5. The SMILES string of the molecule is CC(C)Oc1cccc(C(=O)Nc2cccc(C(=O)Nc3cccc(Cl)c3)c2)c1. The summed E-state index contributed by atoms with van der Waals surface area (Å²) in [5.74, 6) is 0.0459. The maximum Gasteiger partial charge on any atom is 0.255 e. The lowest BCUT2D eigenvalue weighted by atomic mass is 10.1. The molecule has 0 bridgehead atoms. The number of benzene rings is 3. The Bertz CT molecular complexity index is 1030. The maximum atomic E-state index is 12.6. The number of carbonyl (C=O) groups is 2. The second-order valence-corrected chi connectivity index (χ2v) is 7.13. The van der Waals surface area contributed by atoms with Gasteiger partial charge >= 0.3 is 0 Å². The zero-order valence-corrected chi connectivity index (χ0v) is 16.9. The minimum Gasteiger partial charge on any atom is -0.491 e. The minimum absolute atomic E-state index is 0.0167. The van der Waals surface area contributed by atoms with E-state index in [9.17, 15) is 9.59 Å². The first-order chi connectivity index (χ1) is 13.9. The zero-order valence-electron chi connectivity index (χ0n) is 16.1. The molecular weight excluding hydrogens is 388 g/mol. The van der Waals surface area contributed by atoms with E-state index < -0.39 is 0 Å². The molecular formula is C23H21ClN2O3. The first-order valence-corrected chi connectivity index (χ1v) is 9.53. The summed E-state index contributed by atoms with van der Waals surface area (Å²) in [7, 11) is 0. The molecule has 0 unspecified atom stereocenters. The molecule has 3 aromatic rings. The van der Waals surface area contributed by atoms with Crippen LogP contribution in [0.15, 0.2) is 72.8 Å². The number of nitrogens with one attached hydrogen (secondary N) is 2. The highest BCUT2D eigenvalue weighted by Crippen LogP contribution is 2.19. The number of anilines is 2. The minimum atomic E-state index is -0.296. The Hall–Kier alpha value is -3.31. The molecule has 0 spiro atoms. The van der Waals surface area contributed by atoms with Crippen molar-refractivity contribution in [3.8, 4) is 5.75 Å². The molecule has 0 saturated carbocycles. The van der Waals surface area contributed by atoms with E-state index in [0.29, 0.717) is 33.3 Å². The van der Waals surface area contributed by atoms with Crippen LogP contribution in [0.2, 0.25) is 5.02 Å². The number of halogens is 1. The molecule has 5 nitrogen and oxygen atoms in total. The van der Waals surface area contributed by atoms with Gasteiger partial charge in [0.05, 0.1) is 6.10 Å². The second-order valence-electron chi connectivity index (χ2n) is 6.69. The van der Waals surface area contributed by atoms with Gasteiger partial charge in [-0.05, 0) is 68.4 Å². The van der Waals surface area contributed by atoms with Crippen molar-refractivity contribution in [1.82, 2.24) is 0 Å². The Balaban J connectivity index is 1.71. The maximum absolute atomic E-state index is 12.6. The molecule has 2 amide bonds. The van der Waals surface area contributed by atoms with Crippen molar-refractivity contribution in [1.29, 1.82) is 0 Å². The lowest BCUT2D eigenvalue weighted by molar-refractivity contribution is 0.101. The molecule has 3 rings (SSSR count). The summed E-state index contributed by atoms with van der Waals surface area (Å²) in [4.78, 5) is 25.1. The third-order valence-corrected chi connectivity index (χ3v) is 4.17. The van der Waals surface area contributed by atoms with Gasteiger partial charge in [-0.2, -0.15) is 0 Å². The lowest BCUT2D eigenvalue weighted by Crippen LogP contribution is -2.15. The predicted octanol–water partition coefficient (Wildman–Crippen LogP) is 5.63. The van der Waals surface area contributed by atoms with Crippen LogP contribution in [-0.2, 0) is 0 Å². The highest BCUT2D eigenvalue weighted by molar-refractivity contribution is 6.31. The van der Waals surface area contributed by atoms with Crippen molar-refractivity contribution in [2.75, 3.05) is 10.6 Å². The average molecular weight is 409 g/mol. The van der Waals surface area contributed by atoms with Crippen LogP contribution >= 0.6 is 11.6 Å². The molecule has 29 heavy (non-hydrogen) atoms. The summed E-state index contributed by atoms with van der Waals surface area (Å²) in [6.07, 6.45) is 0.0167. The van der Waals surface area contributed by atoms with E-state index in [0.717, 1.165) is 0 Å². The van der Waals surface area contributed by atoms with E-state index in [1.165, 1.54) is 0 Å². The van der Waals surface area contributed by atoms with Crippen molar-refractivity contribution in [2.24, 2.45) is 0 Å². The zero-order chi connectivity index (χ0) is 20.8. The number of rotatable bonds is 6. The fourth-order valence-electron chi connectivity index (χ4n) is 2.69. The molecule has 0 aliphatic rings. The Morgan fingerprint density at radius 2 is 1.34 bits per heavy atom. The van der Waals surface area contributed by atoms with E-state index in [1.54, 1.807) is 72.8 Å². The Morgan fingerprint density at radius 1 is 0.793 bits per heavy atom. The van der Waals surface area contributed by atoms with Crippen molar-refractivity contribution in [3.63, 3.8) is 0 Å². The van der Waals surface area contributed by atoms with Crippen LogP contribution in [0.25, 0.3) is 0 Å². The van der Waals surface area contributed by atoms with Crippen LogP contribution < -0.4 is 15.4 Å². The fourth-order valence-corrected chi connectivity index (χ4v) is 2.88. The van der Waals surface area contributed by atoms with Crippen LogP contribution in [0.1, 0.15) is 34.6 Å². The quantitative estimate of drug-likeness (QED) is 0.555. The summed E-state index contributed by atoms with van der Waals surface area (Å²) in [5.41, 5.74) is 2.00. The van der Waals surface area contributed by atoms with E-state index in [4.69, 9.17) is 16.3 Å². The third kappa shape index (κ3) is 5.83. The van der Waals surface area contributed by atoms with Gasteiger partial charge in [-0.15, -0.1) is 0 Å². The molecule has 0 radical (unpaired) electrons. The van der Waals surface area contributed by atoms with Crippen molar-refractivity contribution in [2.45, 2.75) is 20.0 Å². The topological polar surface area (TPSA) is 67.4 Å². The van der Waals surface area contributed by atoms with Crippen molar-refractivity contribution >= 4 is 34.8 Å². The molecule has 6 heteroatoms. The number of amides is 2. The van der Waals surface area contributed by atoms with Crippen LogP contribution in [0.3, 0.4) is 0 Å². The fraction of sp³-hybridized carbons (Fsp3) is 0.130. The van der Waals surface area contributed by atoms with Crippen molar-refractivity contribution in [3.05, 3.63) is 88.9 Å². The first kappa shape index (κ1) is 20.4. The van der Waals surface area contributed by atoms with E-state index >= 15 is 0 Å². The van der Waals surface area contributed by atoms with Gasteiger partial charge in [-0.3, -0.25) is 9.59 Å². The van der Waals surface area contributed by atoms with Gasteiger partial charge in [-0.25, -0.2) is 0 Å². The van der Waals surface area contributed by atoms with Gasteiger partial charge in [0.2, 0.25) is 0 Å². The Kier molecular flexibility index (Phi) is 6.52. The summed E-state index contributed by atoms with van der Waals surface area (Å²) in [6.45, 7) is 3.85. The van der Waals surface area contributed by atoms with E-state index in [1.807, 2.05) is 13.8 Å². The monoisotopic (exact) mass is 408 g/mol. The summed E-state index contributed by atoms with van der Waals surface area (Å²) in [5, 5.41) is 6.13. The molecule has 0 atom stereocenters. The number of carbonyl (C=O) groups excluding carboxylic acids is 2. The van der Waals surface area contributed by atoms with Crippen molar-refractivity contribution < 1.29 is 14.3 Å². The Labute approximate surface area is 174 Å². The van der Waals surface area contributed by atoms with Gasteiger partial charge in [0.15, 0.2) is 0 Å². The summed E-state index contributed by atoms with van der Waals surface area (Å²) >= 11 is 5.95. The first-order valence-electron chi connectivity index (χ1n) is 9.16. The van der Waals surface area contributed by atoms with Gasteiger partial charge in [-0.1, -0.05) is 29.8 Å². The molecule has 0 fully saturated rings. The smallest absolute Gasteiger partial charge is 0.255 e. The largest absolute Gasteiger partial charge is 0.491 e. The normalized spacial score (nSPS) is 10.5. The van der Waals surface area contributed by atoms with Crippen LogP contribution in [0, 0.1) is 0 Å². The van der Waals surface area contributed by atoms with Crippen LogP contribution in [0.5, 0.6) is 5.75 Å². The summed E-state index contributed by atoms with van der Waals surface area (Å²) in [6, 6.07) is 20.6. The Morgan fingerprint density at radius 3 is 1.97 bits per heavy atom. The van der Waals surface area contributed by atoms with Crippen LogP contribution in [0.4, 0.5) is 11.4 Å². The number of hydrogen-bond donors (Lipinski definition) is 2. The number of hydrogen-bond acceptors (Lipinski definition) is 3. The molecule has 0 heterocycles. The third-order valence-electron chi connectivity index (χ3n) is 3.93. The molecule has 2 N–H and O–H groups in total. The molecule has 0 aliphatic heterocycles. The molecule has 148 valence electrons. The molecule has 0 saturated heterocycles. The van der Waals surface area contributed by atoms with Gasteiger partial charge in [0.25, 0.3) is 11.8 Å². The highest BCUT2D eigenvalue weighted by Gasteiger charge is 2.11. The molecule has 0 aliphatic carbocycles. The standard InChI is InChI=1S/C23H21ClN2O3/c1-15(2)29-21-11-4-7-17(13-21)23(28)25-19-9-3-6-16(12-19)22(27)26-20-10-5-8-18(24)14-20/h3-15H,1-2H3,(H,25,28)(H,26,27). The van der Waals surface area contributed by atoms with Crippen LogP contribution in [-0.4, -0.2) is 17.9 Å². The van der Waals surface area contributed by atoms with E-state index in [-0.39, 0.29) is 17.9 Å². The second kappa shape index (κ2) is 9.26. The van der Waals surface area contributed by atoms with Gasteiger partial charge in [0, 0.05) is 27.5 Å². The van der Waals surface area contributed by atoms with Gasteiger partial charge in [0.1, 0.15) is 5.75 Å². The lowest BCUT2D eigenvalue weighted by Gasteiger charge is -2.11. The number of ether oxygens (including phenoxy) is 1. The summed E-state index contributed by atoms with van der Waals surface area (Å²) < 4.78 is 5.63. The molecule has 3 aromatic carbocycles. The predicted molar refractivity (Wildman–Crippen MR) is 116 cm³/mol. The van der Waals surface area contributed by atoms with E-state index in [2.05, 4.69) is 10.6 Å². The molecule has 0 aromatic heterocycles. The van der Waals surface area contributed by atoms with Gasteiger partial charge < -0.3 is 15.4 Å². The average Bonchev–Trinajstić information content (AvgIpc) is 2.68.